The number of benzene rings is 1. The molecule has 1 aromatic carbocycles. The van der Waals surface area contributed by atoms with Crippen molar-refractivity contribution in [1.29, 1.82) is 0 Å². The van der Waals surface area contributed by atoms with Crippen LogP contribution in [0, 0.1) is 0 Å². The van der Waals surface area contributed by atoms with E-state index in [0.29, 0.717) is 30.2 Å². The third kappa shape index (κ3) is 4.22. The van der Waals surface area contributed by atoms with Crippen molar-refractivity contribution in [2.45, 2.75) is 39.3 Å². The highest BCUT2D eigenvalue weighted by Crippen LogP contribution is 2.29. The van der Waals surface area contributed by atoms with Crippen LogP contribution in [-0.2, 0) is 17.7 Å². The summed E-state index contributed by atoms with van der Waals surface area (Å²) in [6.45, 7) is 6.54. The van der Waals surface area contributed by atoms with E-state index in [2.05, 4.69) is 15.3 Å². The normalized spacial score (nSPS) is 13.8. The Morgan fingerprint density at radius 3 is 2.79 bits per heavy atom. The van der Waals surface area contributed by atoms with Crippen molar-refractivity contribution >= 4 is 39.4 Å². The van der Waals surface area contributed by atoms with E-state index in [1.165, 1.54) is 11.3 Å². The van der Waals surface area contributed by atoms with Crippen LogP contribution in [0.3, 0.4) is 0 Å². The van der Waals surface area contributed by atoms with Gasteiger partial charge in [0.05, 0.1) is 23.3 Å². The number of anilines is 1. The van der Waals surface area contributed by atoms with Crippen molar-refractivity contribution in [3.8, 4) is 0 Å². The van der Waals surface area contributed by atoms with Crippen molar-refractivity contribution in [2.75, 3.05) is 11.9 Å². The zero-order chi connectivity index (χ0) is 20.6. The lowest BCUT2D eigenvalue weighted by Crippen LogP contribution is -2.39. The maximum absolute atomic E-state index is 12.8. The molecule has 1 aliphatic rings. The molecule has 0 fully saturated rings. The van der Waals surface area contributed by atoms with Gasteiger partial charge in [-0.25, -0.2) is 9.78 Å². The van der Waals surface area contributed by atoms with Crippen LogP contribution in [-0.4, -0.2) is 39.0 Å². The summed E-state index contributed by atoms with van der Waals surface area (Å²) in [5, 5.41) is 4.23. The van der Waals surface area contributed by atoms with E-state index >= 15 is 0 Å². The van der Waals surface area contributed by atoms with Gasteiger partial charge in [0.2, 0.25) is 0 Å². The van der Waals surface area contributed by atoms with Gasteiger partial charge in [0, 0.05) is 29.4 Å². The molecule has 0 spiro atoms. The molecule has 1 aliphatic heterocycles. The minimum atomic E-state index is -0.530. The number of rotatable bonds is 2. The number of pyridine rings is 1. The molecule has 4 rings (SSSR count). The van der Waals surface area contributed by atoms with Crippen LogP contribution in [0.2, 0.25) is 0 Å². The summed E-state index contributed by atoms with van der Waals surface area (Å²) >= 11 is 1.39. The average Bonchev–Trinajstić information content (AvgIpc) is 3.07. The molecular formula is C21H22N4O3S. The monoisotopic (exact) mass is 410 g/mol. The Kier molecular flexibility index (Phi) is 4.96. The molecule has 2 aromatic heterocycles. The lowest BCUT2D eigenvalue weighted by atomic mass is 10.1. The third-order valence-corrected chi connectivity index (χ3v) is 5.49. The van der Waals surface area contributed by atoms with Crippen molar-refractivity contribution in [3.63, 3.8) is 0 Å². The number of nitrogens with one attached hydrogen (secondary N) is 1. The number of thiazole rings is 1. The number of fused-ring (bicyclic) bond motifs is 2. The second-order valence-electron chi connectivity index (χ2n) is 7.87. The van der Waals surface area contributed by atoms with E-state index in [4.69, 9.17) is 4.74 Å². The Hall–Kier alpha value is -3.00. The first kappa shape index (κ1) is 19.3. The van der Waals surface area contributed by atoms with Crippen LogP contribution in [0.15, 0.2) is 36.5 Å². The number of para-hydroxylation sites is 1. The number of amides is 2. The lowest BCUT2D eigenvalue weighted by molar-refractivity contribution is 0.0225. The molecule has 3 heterocycles. The molecule has 0 saturated heterocycles. The maximum atomic E-state index is 12.8. The van der Waals surface area contributed by atoms with Crippen molar-refractivity contribution in [1.82, 2.24) is 14.9 Å². The second-order valence-corrected chi connectivity index (χ2v) is 8.95. The molecule has 0 atom stereocenters. The first-order valence-corrected chi connectivity index (χ1v) is 10.2. The molecule has 0 unspecified atom stereocenters. The lowest BCUT2D eigenvalue weighted by Gasteiger charge is -2.29. The predicted molar refractivity (Wildman–Crippen MR) is 112 cm³/mol. The van der Waals surface area contributed by atoms with Crippen LogP contribution >= 0.6 is 11.3 Å². The molecule has 8 heteroatoms. The average molecular weight is 410 g/mol. The largest absolute Gasteiger partial charge is 0.444 e. The van der Waals surface area contributed by atoms with Gasteiger partial charge in [0.15, 0.2) is 5.13 Å². The van der Waals surface area contributed by atoms with Gasteiger partial charge in [-0.1, -0.05) is 29.5 Å². The number of nitrogens with zero attached hydrogens (tertiary/aromatic N) is 3. The Balaban J connectivity index is 1.50. The van der Waals surface area contributed by atoms with Crippen LogP contribution in [0.4, 0.5) is 9.93 Å². The molecule has 0 bridgehead atoms. The highest BCUT2D eigenvalue weighted by Gasteiger charge is 2.28. The zero-order valence-electron chi connectivity index (χ0n) is 16.6. The SMILES string of the molecule is CC(C)(C)OC(=O)N1CCc2nc(NC(=O)c3ccnc4ccccc34)sc2C1. The van der Waals surface area contributed by atoms with Crippen LogP contribution in [0.5, 0.6) is 0 Å². The van der Waals surface area contributed by atoms with E-state index in [1.807, 2.05) is 45.0 Å². The summed E-state index contributed by atoms with van der Waals surface area (Å²) in [6, 6.07) is 9.23. The molecule has 7 nitrogen and oxygen atoms in total. The smallest absolute Gasteiger partial charge is 0.410 e. The van der Waals surface area contributed by atoms with Crippen LogP contribution < -0.4 is 5.32 Å². The summed E-state index contributed by atoms with van der Waals surface area (Å²) in [6.07, 6.45) is 1.94. The summed E-state index contributed by atoms with van der Waals surface area (Å²) in [4.78, 5) is 36.6. The summed E-state index contributed by atoms with van der Waals surface area (Å²) < 4.78 is 5.46. The van der Waals surface area contributed by atoms with Gasteiger partial charge in [-0.3, -0.25) is 15.1 Å². The zero-order valence-corrected chi connectivity index (χ0v) is 17.4. The third-order valence-electron chi connectivity index (χ3n) is 4.50. The first-order chi connectivity index (χ1) is 13.8. The van der Waals surface area contributed by atoms with Crippen molar-refractivity contribution in [2.24, 2.45) is 0 Å². The van der Waals surface area contributed by atoms with E-state index in [9.17, 15) is 9.59 Å². The summed E-state index contributed by atoms with van der Waals surface area (Å²) in [5.74, 6) is -0.223. The standard InChI is InChI=1S/C21H22N4O3S/c1-21(2,3)28-20(27)25-11-9-16-17(12-25)29-19(23-16)24-18(26)14-8-10-22-15-7-5-4-6-13(14)15/h4-8,10H,9,11-12H2,1-3H3,(H,23,24,26). The quantitative estimate of drug-likeness (QED) is 0.683. The summed E-state index contributed by atoms with van der Waals surface area (Å²) in [5.41, 5.74) is 1.72. The van der Waals surface area contributed by atoms with Crippen LogP contribution in [0.25, 0.3) is 10.9 Å². The van der Waals surface area contributed by atoms with Crippen molar-refractivity contribution in [3.05, 3.63) is 52.7 Å². The number of ether oxygens (including phenoxy) is 1. The molecular weight excluding hydrogens is 388 g/mol. The van der Waals surface area contributed by atoms with Gasteiger partial charge in [0.1, 0.15) is 5.60 Å². The minimum absolute atomic E-state index is 0.223. The first-order valence-electron chi connectivity index (χ1n) is 9.42. The number of aromatic nitrogens is 2. The highest BCUT2D eigenvalue weighted by molar-refractivity contribution is 7.15. The van der Waals surface area contributed by atoms with E-state index in [0.717, 1.165) is 21.5 Å². The van der Waals surface area contributed by atoms with Gasteiger partial charge in [-0.2, -0.15) is 0 Å². The fourth-order valence-corrected chi connectivity index (χ4v) is 4.21. The van der Waals surface area contributed by atoms with Gasteiger partial charge in [-0.05, 0) is 32.9 Å². The Morgan fingerprint density at radius 2 is 2.00 bits per heavy atom. The minimum Gasteiger partial charge on any atom is -0.444 e. The molecule has 1 N–H and O–H groups in total. The fraction of sp³-hybridized carbons (Fsp3) is 0.333. The highest BCUT2D eigenvalue weighted by atomic mass is 32.1. The van der Waals surface area contributed by atoms with Gasteiger partial charge < -0.3 is 9.64 Å². The van der Waals surface area contributed by atoms with Crippen LogP contribution in [0.1, 0.15) is 41.7 Å². The molecule has 2 amide bonds. The molecule has 0 radical (unpaired) electrons. The molecule has 29 heavy (non-hydrogen) atoms. The number of carbonyl (C=O) groups excluding carboxylic acids is 2. The topological polar surface area (TPSA) is 84.4 Å². The number of carbonyl (C=O) groups is 2. The number of hydrogen-bond donors (Lipinski definition) is 1. The molecule has 0 saturated carbocycles. The molecule has 3 aromatic rings. The predicted octanol–water partition coefficient (Wildman–Crippen LogP) is 4.24. The fourth-order valence-electron chi connectivity index (χ4n) is 3.19. The Morgan fingerprint density at radius 1 is 1.21 bits per heavy atom. The second kappa shape index (κ2) is 7.44. The van der Waals surface area contributed by atoms with E-state index in [-0.39, 0.29) is 12.0 Å². The molecule has 0 aliphatic carbocycles. The van der Waals surface area contributed by atoms with E-state index < -0.39 is 5.60 Å². The van der Waals surface area contributed by atoms with E-state index in [1.54, 1.807) is 17.2 Å². The van der Waals surface area contributed by atoms with Gasteiger partial charge >= 0.3 is 6.09 Å². The Bertz CT molecular complexity index is 1080. The molecule has 150 valence electrons. The maximum Gasteiger partial charge on any atom is 0.410 e. The van der Waals surface area contributed by atoms with Gasteiger partial charge in [-0.15, -0.1) is 0 Å². The summed E-state index contributed by atoms with van der Waals surface area (Å²) in [7, 11) is 0. The van der Waals surface area contributed by atoms with Gasteiger partial charge in [0.25, 0.3) is 5.91 Å². The number of hydrogen-bond acceptors (Lipinski definition) is 6. The Labute approximate surface area is 172 Å². The van der Waals surface area contributed by atoms with Crippen molar-refractivity contribution < 1.29 is 14.3 Å².